The van der Waals surface area contributed by atoms with Crippen molar-refractivity contribution < 1.29 is 0 Å². The molecule has 1 rings (SSSR count). The number of aromatic nitrogens is 2. The van der Waals surface area contributed by atoms with Gasteiger partial charge >= 0.3 is 0 Å². The van der Waals surface area contributed by atoms with Crippen LogP contribution in [-0.4, -0.2) is 15.4 Å². The number of aliphatic imine (C=N–C) groups is 1. The van der Waals surface area contributed by atoms with Crippen LogP contribution in [0.15, 0.2) is 11.3 Å². The van der Waals surface area contributed by atoms with Crippen LogP contribution in [-0.2, 0) is 7.05 Å². The molecule has 4 heteroatoms. The van der Waals surface area contributed by atoms with Gasteiger partial charge in [0.05, 0.1) is 23.7 Å². The van der Waals surface area contributed by atoms with Crippen LogP contribution in [0.5, 0.6) is 0 Å². The standard InChI is InChI=1S/C11H18N4/c1-4-5-6-11-10(7-13-9(2)12)14-8-15(11)3/h6-8H,4-5H2,1-3H3,(H2,12,13)/b10-7+,11-6-. The normalized spacial score (nSPS) is 15.0. The van der Waals surface area contributed by atoms with Crippen molar-refractivity contribution in [2.45, 2.75) is 26.7 Å². The van der Waals surface area contributed by atoms with Crippen molar-refractivity contribution in [2.24, 2.45) is 17.8 Å². The Morgan fingerprint density at radius 1 is 1.67 bits per heavy atom. The number of hydrogen-bond acceptors (Lipinski definition) is 2. The lowest BCUT2D eigenvalue weighted by Gasteiger charge is -1.89. The molecule has 0 aliphatic rings. The highest BCUT2D eigenvalue weighted by atomic mass is 15.0. The number of aryl methyl sites for hydroxylation is 1. The minimum absolute atomic E-state index is 0.544. The average molecular weight is 206 g/mol. The molecule has 1 aromatic rings. The summed E-state index contributed by atoms with van der Waals surface area (Å²) < 4.78 is 1.99. The zero-order valence-corrected chi connectivity index (χ0v) is 9.57. The van der Waals surface area contributed by atoms with Crippen LogP contribution >= 0.6 is 0 Å². The molecule has 0 fully saturated rings. The maximum atomic E-state index is 5.47. The lowest BCUT2D eigenvalue weighted by atomic mass is 10.3. The number of rotatable bonds is 3. The first-order valence-corrected chi connectivity index (χ1v) is 5.12. The zero-order valence-electron chi connectivity index (χ0n) is 9.57. The Morgan fingerprint density at radius 3 is 3.00 bits per heavy atom. The molecule has 0 unspecified atom stereocenters. The first kappa shape index (κ1) is 11.5. The van der Waals surface area contributed by atoms with Crippen molar-refractivity contribution in [3.63, 3.8) is 0 Å². The third kappa shape index (κ3) is 3.23. The predicted octanol–water partition coefficient (Wildman–Crippen LogP) is 0.116. The van der Waals surface area contributed by atoms with E-state index >= 15 is 0 Å². The molecule has 0 saturated carbocycles. The van der Waals surface area contributed by atoms with Gasteiger partial charge in [-0.15, -0.1) is 0 Å². The van der Waals surface area contributed by atoms with Crippen LogP contribution in [0.2, 0.25) is 0 Å². The number of nitrogens with two attached hydrogens (primary N) is 1. The fraction of sp³-hybridized carbons (Fsp3) is 0.455. The average Bonchev–Trinajstić information content (AvgIpc) is 2.53. The minimum atomic E-state index is 0.544. The maximum Gasteiger partial charge on any atom is 0.106 e. The van der Waals surface area contributed by atoms with Gasteiger partial charge in [0, 0.05) is 7.05 Å². The predicted molar refractivity (Wildman–Crippen MR) is 63.6 cm³/mol. The van der Waals surface area contributed by atoms with Gasteiger partial charge in [-0.05, 0) is 13.3 Å². The van der Waals surface area contributed by atoms with E-state index in [-0.39, 0.29) is 0 Å². The van der Waals surface area contributed by atoms with Crippen molar-refractivity contribution in [3.8, 4) is 0 Å². The number of nitrogens with zero attached hydrogens (tertiary/aromatic N) is 3. The zero-order chi connectivity index (χ0) is 11.3. The van der Waals surface area contributed by atoms with E-state index in [1.165, 1.54) is 0 Å². The third-order valence-corrected chi connectivity index (χ3v) is 2.03. The van der Waals surface area contributed by atoms with Gasteiger partial charge in [0.25, 0.3) is 0 Å². The van der Waals surface area contributed by atoms with E-state index in [9.17, 15) is 0 Å². The van der Waals surface area contributed by atoms with E-state index in [0.717, 1.165) is 23.5 Å². The smallest absolute Gasteiger partial charge is 0.106 e. The quantitative estimate of drug-likeness (QED) is 0.564. The molecule has 0 saturated heterocycles. The SMILES string of the molecule is CCC/C=c1/c(=C\N=C(C)N)ncn1C. The molecule has 0 aromatic carbocycles. The summed E-state index contributed by atoms with van der Waals surface area (Å²) in [6.45, 7) is 3.91. The summed E-state index contributed by atoms with van der Waals surface area (Å²) in [5.41, 5.74) is 5.47. The van der Waals surface area contributed by atoms with Crippen LogP contribution in [0.1, 0.15) is 26.7 Å². The van der Waals surface area contributed by atoms with Crippen LogP contribution in [0.25, 0.3) is 12.3 Å². The largest absolute Gasteiger partial charge is 0.387 e. The first-order chi connectivity index (χ1) is 7.15. The Morgan fingerprint density at radius 2 is 2.40 bits per heavy atom. The molecule has 0 atom stereocenters. The second kappa shape index (κ2) is 5.34. The lowest BCUT2D eigenvalue weighted by molar-refractivity contribution is 0.871. The Bertz CT molecular complexity index is 449. The number of unbranched alkanes of at least 4 members (excludes halogenated alkanes) is 1. The van der Waals surface area contributed by atoms with E-state index in [1.807, 2.05) is 11.6 Å². The Kier molecular flexibility index (Phi) is 4.09. The molecule has 82 valence electrons. The van der Waals surface area contributed by atoms with Gasteiger partial charge < -0.3 is 10.3 Å². The monoisotopic (exact) mass is 206 g/mol. The van der Waals surface area contributed by atoms with Crippen molar-refractivity contribution in [2.75, 3.05) is 0 Å². The highest BCUT2D eigenvalue weighted by molar-refractivity contribution is 5.79. The summed E-state index contributed by atoms with van der Waals surface area (Å²) in [5.74, 6) is 0.544. The minimum Gasteiger partial charge on any atom is -0.387 e. The van der Waals surface area contributed by atoms with Crippen LogP contribution < -0.4 is 16.4 Å². The van der Waals surface area contributed by atoms with Gasteiger partial charge in [-0.25, -0.2) is 9.98 Å². The molecule has 0 spiro atoms. The van der Waals surface area contributed by atoms with E-state index in [4.69, 9.17) is 5.73 Å². The summed E-state index contributed by atoms with van der Waals surface area (Å²) in [5, 5.41) is 1.97. The number of amidine groups is 1. The van der Waals surface area contributed by atoms with Gasteiger partial charge in [0.1, 0.15) is 5.35 Å². The number of imidazole rings is 1. The highest BCUT2D eigenvalue weighted by Crippen LogP contribution is 1.85. The lowest BCUT2D eigenvalue weighted by Crippen LogP contribution is -2.28. The number of hydrogen-bond donors (Lipinski definition) is 1. The van der Waals surface area contributed by atoms with Crippen molar-refractivity contribution >= 4 is 18.1 Å². The summed E-state index contributed by atoms with van der Waals surface area (Å²) in [6.07, 6.45) is 7.83. The highest BCUT2D eigenvalue weighted by Gasteiger charge is 1.91. The summed E-state index contributed by atoms with van der Waals surface area (Å²) in [6, 6.07) is 0. The van der Waals surface area contributed by atoms with Gasteiger partial charge in [0.15, 0.2) is 0 Å². The fourth-order valence-electron chi connectivity index (χ4n) is 1.25. The van der Waals surface area contributed by atoms with Gasteiger partial charge in [0.2, 0.25) is 0 Å². The second-order valence-corrected chi connectivity index (χ2v) is 3.52. The molecule has 2 N–H and O–H groups in total. The summed E-state index contributed by atoms with van der Waals surface area (Å²) in [4.78, 5) is 8.30. The molecule has 15 heavy (non-hydrogen) atoms. The molecule has 1 aromatic heterocycles. The van der Waals surface area contributed by atoms with E-state index in [2.05, 4.69) is 23.0 Å². The van der Waals surface area contributed by atoms with Crippen LogP contribution in [0, 0.1) is 0 Å². The van der Waals surface area contributed by atoms with E-state index in [1.54, 1.807) is 19.5 Å². The van der Waals surface area contributed by atoms with Gasteiger partial charge in [-0.1, -0.05) is 19.4 Å². The van der Waals surface area contributed by atoms with E-state index in [0.29, 0.717) is 5.84 Å². The second-order valence-electron chi connectivity index (χ2n) is 3.52. The first-order valence-electron chi connectivity index (χ1n) is 5.12. The molecule has 0 aliphatic heterocycles. The third-order valence-electron chi connectivity index (χ3n) is 2.03. The maximum absolute atomic E-state index is 5.47. The van der Waals surface area contributed by atoms with Gasteiger partial charge in [-0.3, -0.25) is 0 Å². The fourth-order valence-corrected chi connectivity index (χ4v) is 1.25. The Balaban J connectivity index is 3.20. The summed E-state index contributed by atoms with van der Waals surface area (Å²) in [7, 11) is 1.98. The molecular weight excluding hydrogens is 188 g/mol. The van der Waals surface area contributed by atoms with Gasteiger partial charge in [-0.2, -0.15) is 0 Å². The van der Waals surface area contributed by atoms with Crippen molar-refractivity contribution in [3.05, 3.63) is 17.0 Å². The Hall–Kier alpha value is -1.58. The Labute approximate surface area is 89.8 Å². The molecule has 4 nitrogen and oxygen atoms in total. The van der Waals surface area contributed by atoms with E-state index < -0.39 is 0 Å². The molecule has 1 heterocycles. The summed E-state index contributed by atoms with van der Waals surface area (Å²) >= 11 is 0. The van der Waals surface area contributed by atoms with Crippen molar-refractivity contribution in [1.29, 1.82) is 0 Å². The molecule has 0 radical (unpaired) electrons. The molecule has 0 bridgehead atoms. The molecular formula is C11H18N4. The molecule has 0 amide bonds. The topological polar surface area (TPSA) is 56.2 Å². The van der Waals surface area contributed by atoms with Crippen LogP contribution in [0.3, 0.4) is 0 Å². The van der Waals surface area contributed by atoms with Crippen LogP contribution in [0.4, 0.5) is 0 Å². The molecule has 0 aliphatic carbocycles. The van der Waals surface area contributed by atoms with Crippen molar-refractivity contribution in [1.82, 2.24) is 9.55 Å².